The molecule has 0 atom stereocenters. The molecule has 2 rings (SSSR count). The Labute approximate surface area is 138 Å². The Balaban J connectivity index is 2.02. The number of hydrogen-bond donors (Lipinski definition) is 2. The highest BCUT2D eigenvalue weighted by Crippen LogP contribution is 2.36. The number of amides is 1. The summed E-state index contributed by atoms with van der Waals surface area (Å²) in [7, 11) is 0. The minimum atomic E-state index is -4.55. The second-order valence-corrected chi connectivity index (χ2v) is 6.37. The van der Waals surface area contributed by atoms with Crippen LogP contribution in [0, 0.1) is 0 Å². The van der Waals surface area contributed by atoms with Crippen LogP contribution in [-0.2, 0) is 11.0 Å². The predicted molar refractivity (Wildman–Crippen MR) is 83.7 cm³/mol. The van der Waals surface area contributed by atoms with Crippen LogP contribution in [0.2, 0.25) is 5.02 Å². The zero-order valence-electron chi connectivity index (χ0n) is 12.8. The van der Waals surface area contributed by atoms with Crippen molar-refractivity contribution in [3.63, 3.8) is 0 Å². The average molecular weight is 350 g/mol. The van der Waals surface area contributed by atoms with Crippen molar-refractivity contribution in [1.29, 1.82) is 0 Å². The first kappa shape index (κ1) is 18.1. The van der Waals surface area contributed by atoms with Crippen LogP contribution in [0.15, 0.2) is 18.2 Å². The molecule has 3 nitrogen and oxygen atoms in total. The first-order chi connectivity index (χ1) is 10.9. The molecule has 0 spiro atoms. The van der Waals surface area contributed by atoms with Gasteiger partial charge in [0.1, 0.15) is 0 Å². The van der Waals surface area contributed by atoms with Crippen molar-refractivity contribution in [2.45, 2.75) is 38.3 Å². The molecule has 1 aliphatic rings. The monoisotopic (exact) mass is 349 g/mol. The van der Waals surface area contributed by atoms with E-state index in [4.69, 9.17) is 11.6 Å². The van der Waals surface area contributed by atoms with Gasteiger partial charge in [-0.1, -0.05) is 18.0 Å². The van der Waals surface area contributed by atoms with Crippen LogP contribution in [0.1, 0.15) is 37.7 Å². The number of alkyl halides is 3. The standard InChI is InChI=1S/C16H20ClF3N2O/c17-12-6-7-14(13(10-12)16(18,19)20)21-15(23)11-22-8-4-2-1-3-5-9-22/h6-7,10H,1-5,8-9,11H2,(H,21,23)/p+1. The van der Waals surface area contributed by atoms with E-state index in [1.807, 2.05) is 0 Å². The molecule has 0 unspecified atom stereocenters. The van der Waals surface area contributed by atoms with Crippen LogP contribution >= 0.6 is 11.6 Å². The van der Waals surface area contributed by atoms with Gasteiger partial charge < -0.3 is 10.2 Å². The Kier molecular flexibility index (Phi) is 6.30. The third kappa shape index (κ3) is 5.70. The van der Waals surface area contributed by atoms with Crippen LogP contribution < -0.4 is 10.2 Å². The highest BCUT2D eigenvalue weighted by atomic mass is 35.5. The lowest BCUT2D eigenvalue weighted by Crippen LogP contribution is -3.13. The van der Waals surface area contributed by atoms with E-state index in [0.717, 1.165) is 49.7 Å². The van der Waals surface area contributed by atoms with Gasteiger partial charge in [0.2, 0.25) is 0 Å². The summed E-state index contributed by atoms with van der Waals surface area (Å²) in [6, 6.07) is 3.38. The largest absolute Gasteiger partial charge is 0.418 e. The lowest BCUT2D eigenvalue weighted by Gasteiger charge is -2.21. The molecule has 0 bridgehead atoms. The lowest BCUT2D eigenvalue weighted by molar-refractivity contribution is -0.892. The molecule has 23 heavy (non-hydrogen) atoms. The summed E-state index contributed by atoms with van der Waals surface area (Å²) >= 11 is 5.63. The minimum absolute atomic E-state index is 0.00952. The van der Waals surface area contributed by atoms with E-state index >= 15 is 0 Å². The van der Waals surface area contributed by atoms with Crippen molar-refractivity contribution in [2.75, 3.05) is 25.0 Å². The second kappa shape index (κ2) is 8.02. The number of hydrogen-bond acceptors (Lipinski definition) is 1. The van der Waals surface area contributed by atoms with Gasteiger partial charge in [-0.2, -0.15) is 13.2 Å². The van der Waals surface area contributed by atoms with Crippen molar-refractivity contribution >= 4 is 23.2 Å². The van der Waals surface area contributed by atoms with Gasteiger partial charge in [0.25, 0.3) is 5.91 Å². The second-order valence-electron chi connectivity index (χ2n) is 5.93. The van der Waals surface area contributed by atoms with Crippen molar-refractivity contribution in [1.82, 2.24) is 0 Å². The van der Waals surface area contributed by atoms with Crippen LogP contribution in [0.5, 0.6) is 0 Å². The lowest BCUT2D eigenvalue weighted by atomic mass is 10.1. The normalized spacial score (nSPS) is 17.4. The van der Waals surface area contributed by atoms with Gasteiger partial charge in [0.05, 0.1) is 24.3 Å². The molecule has 7 heteroatoms. The summed E-state index contributed by atoms with van der Waals surface area (Å²) in [6.45, 7) is 1.97. The van der Waals surface area contributed by atoms with Gasteiger partial charge in [-0.15, -0.1) is 0 Å². The molecule has 1 heterocycles. The minimum Gasteiger partial charge on any atom is -0.327 e. The molecule has 0 radical (unpaired) electrons. The number of nitrogens with one attached hydrogen (secondary N) is 2. The number of quaternary nitrogens is 1. The number of benzene rings is 1. The summed E-state index contributed by atoms with van der Waals surface area (Å²) < 4.78 is 39.1. The van der Waals surface area contributed by atoms with Crippen molar-refractivity contribution < 1.29 is 22.9 Å². The van der Waals surface area contributed by atoms with Gasteiger partial charge in [-0.3, -0.25) is 4.79 Å². The van der Waals surface area contributed by atoms with E-state index in [1.165, 1.54) is 18.6 Å². The third-order valence-electron chi connectivity index (χ3n) is 4.03. The smallest absolute Gasteiger partial charge is 0.327 e. The van der Waals surface area contributed by atoms with E-state index in [0.29, 0.717) is 0 Å². The number of carbonyl (C=O) groups is 1. The summed E-state index contributed by atoms with van der Waals surface area (Å²) in [5.41, 5.74) is -1.15. The molecule has 2 N–H and O–H groups in total. The molecule has 1 aromatic rings. The molecule has 1 amide bonds. The first-order valence-corrected chi connectivity index (χ1v) is 8.24. The number of carbonyl (C=O) groups excluding carboxylic acids is 1. The summed E-state index contributed by atoms with van der Waals surface area (Å²) in [6.07, 6.45) is 1.08. The highest BCUT2D eigenvalue weighted by Gasteiger charge is 2.34. The maximum atomic E-state index is 13.0. The van der Waals surface area contributed by atoms with E-state index in [2.05, 4.69) is 5.32 Å². The summed E-state index contributed by atoms with van der Waals surface area (Å²) in [5.74, 6) is -0.395. The van der Waals surface area contributed by atoms with Gasteiger partial charge >= 0.3 is 6.18 Å². The number of rotatable bonds is 3. The van der Waals surface area contributed by atoms with E-state index < -0.39 is 17.6 Å². The Morgan fingerprint density at radius 1 is 1.13 bits per heavy atom. The summed E-state index contributed by atoms with van der Waals surface area (Å²) in [4.78, 5) is 13.2. The molecule has 0 aliphatic carbocycles. The third-order valence-corrected chi connectivity index (χ3v) is 4.27. The maximum Gasteiger partial charge on any atom is 0.418 e. The van der Waals surface area contributed by atoms with E-state index in [1.54, 1.807) is 0 Å². The fourth-order valence-electron chi connectivity index (χ4n) is 2.86. The fraction of sp³-hybridized carbons (Fsp3) is 0.562. The van der Waals surface area contributed by atoms with Crippen LogP contribution in [0.3, 0.4) is 0 Å². The predicted octanol–water partition coefficient (Wildman–Crippen LogP) is 3.15. The Morgan fingerprint density at radius 3 is 2.35 bits per heavy atom. The van der Waals surface area contributed by atoms with Crippen molar-refractivity contribution in [3.8, 4) is 0 Å². The molecule has 1 fully saturated rings. The molecular weight excluding hydrogens is 329 g/mol. The van der Waals surface area contributed by atoms with E-state index in [9.17, 15) is 18.0 Å². The van der Waals surface area contributed by atoms with Crippen molar-refractivity contribution in [2.24, 2.45) is 0 Å². The van der Waals surface area contributed by atoms with Crippen molar-refractivity contribution in [3.05, 3.63) is 28.8 Å². The first-order valence-electron chi connectivity index (χ1n) is 7.86. The summed E-state index contributed by atoms with van der Waals surface area (Å²) in [5, 5.41) is 2.38. The Hall–Kier alpha value is -1.27. The zero-order chi connectivity index (χ0) is 16.9. The van der Waals surface area contributed by atoms with Gasteiger partial charge in [0.15, 0.2) is 6.54 Å². The van der Waals surface area contributed by atoms with Gasteiger partial charge in [0, 0.05) is 5.02 Å². The molecule has 1 aromatic carbocycles. The van der Waals surface area contributed by atoms with Crippen LogP contribution in [-0.4, -0.2) is 25.5 Å². The SMILES string of the molecule is O=C(C[NH+]1CCCCCCC1)Nc1ccc(Cl)cc1C(F)(F)F. The molecular formula is C16H21ClF3N2O+. The zero-order valence-corrected chi connectivity index (χ0v) is 13.6. The van der Waals surface area contributed by atoms with E-state index in [-0.39, 0.29) is 17.3 Å². The fourth-order valence-corrected chi connectivity index (χ4v) is 3.04. The number of anilines is 1. The quantitative estimate of drug-likeness (QED) is 0.863. The van der Waals surface area contributed by atoms with Gasteiger partial charge in [-0.25, -0.2) is 0 Å². The Bertz CT molecular complexity index is 541. The molecule has 1 saturated heterocycles. The van der Waals surface area contributed by atoms with Gasteiger partial charge in [-0.05, 0) is 43.9 Å². The number of halogens is 4. The van der Waals surface area contributed by atoms with Crippen LogP contribution in [0.4, 0.5) is 18.9 Å². The molecule has 0 aromatic heterocycles. The number of likely N-dealkylation sites (tertiary alicyclic amines) is 1. The molecule has 128 valence electrons. The highest BCUT2D eigenvalue weighted by molar-refractivity contribution is 6.30. The molecule has 1 aliphatic heterocycles. The maximum absolute atomic E-state index is 13.0. The average Bonchev–Trinajstić information content (AvgIpc) is 2.42. The topological polar surface area (TPSA) is 33.5 Å². The Morgan fingerprint density at radius 2 is 1.74 bits per heavy atom. The van der Waals surface area contributed by atoms with Crippen LogP contribution in [0.25, 0.3) is 0 Å². The molecule has 0 saturated carbocycles.